The average molecular weight is 534 g/mol. The highest BCUT2D eigenvalue weighted by atomic mass is 32.2. The first-order valence-corrected chi connectivity index (χ1v) is 13.8. The van der Waals surface area contributed by atoms with E-state index in [0.29, 0.717) is 16.7 Å². The van der Waals surface area contributed by atoms with Gasteiger partial charge in [0.1, 0.15) is 16.7 Å². The largest absolute Gasteiger partial charge is 0.487 e. The molecule has 4 rings (SSSR count). The summed E-state index contributed by atoms with van der Waals surface area (Å²) in [5, 5.41) is 19.2. The molecular formula is C29H31N3O5S. The predicted octanol–water partition coefficient (Wildman–Crippen LogP) is 3.77. The molecule has 0 saturated carbocycles. The molecule has 0 aromatic heterocycles. The minimum Gasteiger partial charge on any atom is -0.487 e. The molecule has 198 valence electrons. The first-order valence-electron chi connectivity index (χ1n) is 12.4. The van der Waals surface area contributed by atoms with Crippen molar-refractivity contribution in [3.05, 3.63) is 83.9 Å². The number of amides is 1. The summed E-state index contributed by atoms with van der Waals surface area (Å²) in [7, 11) is -2.30. The van der Waals surface area contributed by atoms with Crippen molar-refractivity contribution in [1.82, 2.24) is 9.21 Å². The molecule has 1 aliphatic heterocycles. The van der Waals surface area contributed by atoms with Crippen LogP contribution < -0.4 is 4.74 Å². The summed E-state index contributed by atoms with van der Waals surface area (Å²) in [5.41, 5.74) is 2.47. The molecule has 1 amide bonds. The maximum Gasteiger partial charge on any atom is 0.253 e. The van der Waals surface area contributed by atoms with E-state index in [1.165, 1.54) is 10.4 Å². The van der Waals surface area contributed by atoms with Gasteiger partial charge < -0.3 is 14.7 Å². The second kappa shape index (κ2) is 11.4. The summed E-state index contributed by atoms with van der Waals surface area (Å²) < 4.78 is 35.1. The van der Waals surface area contributed by atoms with E-state index in [4.69, 9.17) is 4.74 Å². The van der Waals surface area contributed by atoms with Gasteiger partial charge >= 0.3 is 0 Å². The van der Waals surface area contributed by atoms with Gasteiger partial charge in [-0.2, -0.15) is 9.57 Å². The lowest BCUT2D eigenvalue weighted by molar-refractivity contribution is 0.0564. The van der Waals surface area contributed by atoms with E-state index in [0.717, 1.165) is 5.56 Å². The van der Waals surface area contributed by atoms with Crippen LogP contribution in [0.15, 0.2) is 77.7 Å². The van der Waals surface area contributed by atoms with E-state index >= 15 is 0 Å². The Balaban J connectivity index is 1.76. The number of rotatable bonds is 6. The molecule has 3 aromatic rings. The Bertz CT molecular complexity index is 1450. The molecule has 1 N–H and O–H groups in total. The number of carbonyl (C=O) groups is 1. The highest BCUT2D eigenvalue weighted by Crippen LogP contribution is 2.36. The molecule has 0 bridgehead atoms. The fourth-order valence-electron chi connectivity index (χ4n) is 4.55. The van der Waals surface area contributed by atoms with Gasteiger partial charge in [0.15, 0.2) is 0 Å². The topological polar surface area (TPSA) is 111 Å². The van der Waals surface area contributed by atoms with Gasteiger partial charge in [0.05, 0.1) is 24.8 Å². The number of hydrogen-bond donors (Lipinski definition) is 1. The van der Waals surface area contributed by atoms with Crippen molar-refractivity contribution >= 4 is 15.9 Å². The molecular weight excluding hydrogens is 502 g/mol. The first-order chi connectivity index (χ1) is 18.1. The van der Waals surface area contributed by atoms with Gasteiger partial charge in [-0.15, -0.1) is 0 Å². The lowest BCUT2D eigenvalue weighted by atomic mass is 10.0. The number of nitrogens with zero attached hydrogens (tertiary/aromatic N) is 3. The van der Waals surface area contributed by atoms with E-state index in [2.05, 4.69) is 6.07 Å². The molecule has 0 spiro atoms. The predicted molar refractivity (Wildman–Crippen MR) is 144 cm³/mol. The van der Waals surface area contributed by atoms with Crippen LogP contribution in [0.1, 0.15) is 29.8 Å². The van der Waals surface area contributed by atoms with Gasteiger partial charge in [0.2, 0.25) is 10.0 Å². The number of sulfonamides is 1. The average Bonchev–Trinajstić information content (AvgIpc) is 2.94. The molecule has 0 aliphatic carbocycles. The number of likely N-dealkylation sites (N-methyl/N-ethyl adjacent to an activating group) is 1. The number of aliphatic hydroxyl groups excluding tert-OH is 1. The molecule has 0 unspecified atom stereocenters. The molecule has 0 fully saturated rings. The SMILES string of the molecule is C[C@@H]1CN([C@@H](C)CO)S(=O)(=O)c2ccc(-c3cccc(C#N)c3)cc2O[C@@H]1CN(C)C(=O)c1ccccc1. The van der Waals surface area contributed by atoms with Crippen molar-refractivity contribution in [1.29, 1.82) is 5.26 Å². The van der Waals surface area contributed by atoms with Crippen molar-refractivity contribution in [2.24, 2.45) is 5.92 Å². The number of ether oxygens (including phenoxy) is 1. The number of hydrogen-bond acceptors (Lipinski definition) is 6. The van der Waals surface area contributed by atoms with Crippen LogP contribution in [0.3, 0.4) is 0 Å². The van der Waals surface area contributed by atoms with Crippen molar-refractivity contribution in [2.75, 3.05) is 26.7 Å². The Morgan fingerprint density at radius 1 is 1.13 bits per heavy atom. The van der Waals surface area contributed by atoms with Crippen molar-refractivity contribution in [3.8, 4) is 22.9 Å². The van der Waals surface area contributed by atoms with Crippen LogP contribution in [-0.4, -0.2) is 67.5 Å². The van der Waals surface area contributed by atoms with E-state index in [1.807, 2.05) is 19.1 Å². The molecule has 0 saturated heterocycles. The second-order valence-electron chi connectivity index (χ2n) is 9.65. The highest BCUT2D eigenvalue weighted by Gasteiger charge is 2.38. The maximum absolute atomic E-state index is 13.7. The molecule has 1 aliphatic rings. The van der Waals surface area contributed by atoms with Crippen molar-refractivity contribution in [2.45, 2.75) is 30.9 Å². The number of fused-ring (bicyclic) bond motifs is 1. The van der Waals surface area contributed by atoms with E-state index in [9.17, 15) is 23.6 Å². The number of aliphatic hydroxyl groups is 1. The van der Waals surface area contributed by atoms with Crippen LogP contribution in [0.4, 0.5) is 0 Å². The van der Waals surface area contributed by atoms with Crippen molar-refractivity contribution < 1.29 is 23.1 Å². The third-order valence-corrected chi connectivity index (χ3v) is 8.83. The molecule has 9 heteroatoms. The van der Waals surface area contributed by atoms with Crippen LogP contribution in [0.25, 0.3) is 11.1 Å². The van der Waals surface area contributed by atoms with Crippen LogP contribution in [-0.2, 0) is 10.0 Å². The zero-order valence-corrected chi connectivity index (χ0v) is 22.4. The summed E-state index contributed by atoms with van der Waals surface area (Å²) in [6.07, 6.45) is -0.531. The Kier molecular flexibility index (Phi) is 8.17. The van der Waals surface area contributed by atoms with Crippen LogP contribution >= 0.6 is 0 Å². The van der Waals surface area contributed by atoms with Crippen LogP contribution in [0, 0.1) is 17.2 Å². The quantitative estimate of drug-likeness (QED) is 0.517. The summed E-state index contributed by atoms with van der Waals surface area (Å²) in [6, 6.07) is 22.3. The van der Waals surface area contributed by atoms with Crippen LogP contribution in [0.5, 0.6) is 5.75 Å². The van der Waals surface area contributed by atoms with Gasteiger partial charge in [0.25, 0.3) is 5.91 Å². The summed E-state index contributed by atoms with van der Waals surface area (Å²) in [6.45, 7) is 3.55. The fourth-order valence-corrected chi connectivity index (χ4v) is 6.37. The summed E-state index contributed by atoms with van der Waals surface area (Å²) in [4.78, 5) is 14.6. The van der Waals surface area contributed by atoms with E-state index in [-0.39, 0.29) is 42.2 Å². The third kappa shape index (κ3) is 5.58. The molecule has 1 heterocycles. The van der Waals surface area contributed by atoms with Crippen molar-refractivity contribution in [3.63, 3.8) is 0 Å². The van der Waals surface area contributed by atoms with Gasteiger partial charge in [-0.3, -0.25) is 4.79 Å². The zero-order chi connectivity index (χ0) is 27.4. The highest BCUT2D eigenvalue weighted by molar-refractivity contribution is 7.89. The minimum absolute atomic E-state index is 0.00748. The molecule has 8 nitrogen and oxygen atoms in total. The second-order valence-corrected chi connectivity index (χ2v) is 11.5. The van der Waals surface area contributed by atoms with Gasteiger partial charge in [-0.1, -0.05) is 43.3 Å². The summed E-state index contributed by atoms with van der Waals surface area (Å²) in [5.74, 6) is -0.306. The van der Waals surface area contributed by atoms with Gasteiger partial charge in [-0.25, -0.2) is 8.42 Å². The number of carbonyl (C=O) groups excluding carboxylic acids is 1. The minimum atomic E-state index is -3.99. The number of nitriles is 1. The lowest BCUT2D eigenvalue weighted by Gasteiger charge is -2.37. The smallest absolute Gasteiger partial charge is 0.253 e. The standard InChI is InChI=1S/C29H31N3O5S/c1-20-17-32(21(2)19-33)38(35,36)28-13-12-25(24-11-7-8-22(14-24)16-30)15-26(28)37-27(20)18-31(3)29(34)23-9-5-4-6-10-23/h4-15,20-21,27,33H,17-19H2,1-3H3/t20-,21+,27-/m1/s1. The Morgan fingerprint density at radius 3 is 2.53 bits per heavy atom. The molecule has 0 radical (unpaired) electrons. The van der Waals surface area contributed by atoms with Crippen LogP contribution in [0.2, 0.25) is 0 Å². The number of benzene rings is 3. The van der Waals surface area contributed by atoms with Gasteiger partial charge in [0, 0.05) is 31.1 Å². The lowest BCUT2D eigenvalue weighted by Crippen LogP contribution is -2.50. The molecule has 3 aromatic carbocycles. The van der Waals surface area contributed by atoms with E-state index < -0.39 is 22.2 Å². The maximum atomic E-state index is 13.7. The molecule has 3 atom stereocenters. The first kappa shape index (κ1) is 27.3. The Hall–Kier alpha value is -3.71. The zero-order valence-electron chi connectivity index (χ0n) is 21.6. The Labute approximate surface area is 223 Å². The molecule has 38 heavy (non-hydrogen) atoms. The normalized spacial score (nSPS) is 19.7. The third-order valence-electron chi connectivity index (χ3n) is 6.81. The summed E-state index contributed by atoms with van der Waals surface area (Å²) >= 11 is 0. The van der Waals surface area contributed by atoms with Gasteiger partial charge in [-0.05, 0) is 54.4 Å². The van der Waals surface area contributed by atoms with E-state index in [1.54, 1.807) is 73.5 Å². The monoisotopic (exact) mass is 533 g/mol. The fraction of sp³-hybridized carbons (Fsp3) is 0.310. The Morgan fingerprint density at radius 2 is 1.84 bits per heavy atom.